The first kappa shape index (κ1) is 19.7. The van der Waals surface area contributed by atoms with Gasteiger partial charge in [-0.25, -0.2) is 4.79 Å². The molecule has 0 aliphatic carbocycles. The zero-order valence-corrected chi connectivity index (χ0v) is 15.0. The molecule has 0 atom stereocenters. The van der Waals surface area contributed by atoms with Crippen LogP contribution in [-0.2, 0) is 17.9 Å². The second kappa shape index (κ2) is 8.30. The average Bonchev–Trinajstić information content (AvgIpc) is 3.28. The molecule has 1 N–H and O–H groups in total. The first-order valence-electron chi connectivity index (χ1n) is 8.03. The van der Waals surface area contributed by atoms with Crippen LogP contribution in [0.3, 0.4) is 0 Å². The number of halogens is 3. The van der Waals surface area contributed by atoms with Crippen LogP contribution in [0.15, 0.2) is 51.0 Å². The monoisotopic (exact) mass is 413 g/mol. The lowest BCUT2D eigenvalue weighted by atomic mass is 10.2. The number of alkyl halides is 3. The van der Waals surface area contributed by atoms with Crippen molar-refractivity contribution in [1.82, 2.24) is 15.1 Å². The summed E-state index contributed by atoms with van der Waals surface area (Å²) in [6, 6.07) is 8.71. The number of hydrogen-bond donors (Lipinski definition) is 1. The highest BCUT2D eigenvalue weighted by Gasteiger charge is 2.30. The molecule has 2 aromatic heterocycles. The predicted octanol–water partition coefficient (Wildman–Crippen LogP) is 3.17. The van der Waals surface area contributed by atoms with Gasteiger partial charge in [0.2, 0.25) is 5.91 Å². The van der Waals surface area contributed by atoms with Gasteiger partial charge in [-0.3, -0.25) is 4.79 Å². The van der Waals surface area contributed by atoms with Gasteiger partial charge in [-0.15, -0.1) is 29.6 Å². The Hall–Kier alpha value is -3.08. The summed E-state index contributed by atoms with van der Waals surface area (Å²) in [5.74, 6) is -1.14. The van der Waals surface area contributed by atoms with Crippen molar-refractivity contribution in [2.75, 3.05) is 0 Å². The maximum atomic E-state index is 12.1. The summed E-state index contributed by atoms with van der Waals surface area (Å²) in [5.41, 5.74) is 0.599. The molecule has 0 aliphatic heterocycles. The highest BCUT2D eigenvalue weighted by Crippen LogP contribution is 2.23. The van der Waals surface area contributed by atoms with Crippen LogP contribution in [0.2, 0.25) is 0 Å². The molecule has 3 rings (SSSR count). The molecule has 148 valence electrons. The highest BCUT2D eigenvalue weighted by molar-refractivity contribution is 7.13. The number of benzene rings is 1. The first-order valence-corrected chi connectivity index (χ1v) is 8.91. The van der Waals surface area contributed by atoms with Crippen molar-refractivity contribution < 1.29 is 27.1 Å². The summed E-state index contributed by atoms with van der Waals surface area (Å²) in [6.45, 7) is 0.164. The van der Waals surface area contributed by atoms with E-state index in [4.69, 9.17) is 4.42 Å². The SMILES string of the molecule is O=C(CCn1nc(-c2cccs2)oc1=O)NCc1ccc(OC(F)(F)F)cc1. The van der Waals surface area contributed by atoms with Crippen molar-refractivity contribution in [3.05, 3.63) is 57.9 Å². The van der Waals surface area contributed by atoms with E-state index in [9.17, 15) is 22.8 Å². The number of carbonyl (C=O) groups excluding carboxylic acids is 1. The van der Waals surface area contributed by atoms with Crippen LogP contribution in [0.25, 0.3) is 10.8 Å². The van der Waals surface area contributed by atoms with Crippen LogP contribution in [-0.4, -0.2) is 22.1 Å². The van der Waals surface area contributed by atoms with Crippen molar-refractivity contribution in [2.24, 2.45) is 0 Å². The minimum absolute atomic E-state index is 0.00834. The Bertz CT molecular complexity index is 978. The molecule has 0 saturated heterocycles. The van der Waals surface area contributed by atoms with Crippen LogP contribution in [0, 0.1) is 0 Å². The zero-order chi connectivity index (χ0) is 20.1. The first-order chi connectivity index (χ1) is 13.3. The average molecular weight is 413 g/mol. The topological polar surface area (TPSA) is 86.4 Å². The minimum atomic E-state index is -4.75. The van der Waals surface area contributed by atoms with Gasteiger partial charge in [0.05, 0.1) is 11.4 Å². The number of rotatable bonds is 7. The Labute approximate surface area is 160 Å². The van der Waals surface area contributed by atoms with Gasteiger partial charge >= 0.3 is 12.1 Å². The van der Waals surface area contributed by atoms with Gasteiger partial charge < -0.3 is 14.5 Å². The third kappa shape index (κ3) is 5.46. The predicted molar refractivity (Wildman–Crippen MR) is 93.7 cm³/mol. The summed E-state index contributed by atoms with van der Waals surface area (Å²) in [4.78, 5) is 24.4. The van der Waals surface area contributed by atoms with Gasteiger partial charge in [-0.2, -0.15) is 4.68 Å². The standard InChI is InChI=1S/C17H14F3N3O4S/c18-17(19,20)27-12-5-3-11(4-6-12)10-21-14(24)7-8-23-16(25)26-15(22-23)13-2-1-9-28-13/h1-6,9H,7-8,10H2,(H,21,24). The van der Waals surface area contributed by atoms with E-state index >= 15 is 0 Å². The van der Waals surface area contributed by atoms with Crippen molar-refractivity contribution in [1.29, 1.82) is 0 Å². The van der Waals surface area contributed by atoms with Gasteiger partial charge in [0, 0.05) is 13.0 Å². The zero-order valence-electron chi connectivity index (χ0n) is 14.2. The molecular formula is C17H14F3N3O4S. The molecule has 7 nitrogen and oxygen atoms in total. The van der Waals surface area contributed by atoms with Crippen LogP contribution in [0.4, 0.5) is 13.2 Å². The number of carbonyl (C=O) groups is 1. The summed E-state index contributed by atoms with van der Waals surface area (Å²) in [7, 11) is 0. The van der Waals surface area contributed by atoms with E-state index in [1.165, 1.54) is 23.5 Å². The smallest absolute Gasteiger partial charge is 0.406 e. The summed E-state index contributed by atoms with van der Waals surface area (Å²) < 4.78 is 46.2. The molecule has 2 heterocycles. The van der Waals surface area contributed by atoms with Crippen molar-refractivity contribution in [3.8, 4) is 16.5 Å². The second-order valence-electron chi connectivity index (χ2n) is 5.59. The molecule has 28 heavy (non-hydrogen) atoms. The molecule has 0 aliphatic rings. The van der Waals surface area contributed by atoms with Crippen molar-refractivity contribution in [3.63, 3.8) is 0 Å². The van der Waals surface area contributed by atoms with E-state index in [0.29, 0.717) is 10.4 Å². The number of aryl methyl sites for hydroxylation is 1. The molecule has 0 unspecified atom stereocenters. The molecule has 1 amide bonds. The maximum absolute atomic E-state index is 12.1. The quantitative estimate of drug-likeness (QED) is 0.643. The molecule has 11 heteroatoms. The number of nitrogens with zero attached hydrogens (tertiary/aromatic N) is 2. The number of hydrogen-bond acceptors (Lipinski definition) is 6. The van der Waals surface area contributed by atoms with Gasteiger partial charge in [-0.1, -0.05) is 18.2 Å². The van der Waals surface area contributed by atoms with Crippen LogP contribution < -0.4 is 15.8 Å². The Morgan fingerprint density at radius 2 is 2.00 bits per heavy atom. The minimum Gasteiger partial charge on any atom is -0.406 e. The Morgan fingerprint density at radius 1 is 1.25 bits per heavy atom. The number of nitrogens with one attached hydrogen (secondary N) is 1. The van der Waals surface area contributed by atoms with Gasteiger partial charge in [0.15, 0.2) is 0 Å². The third-order valence-corrected chi connectivity index (χ3v) is 4.39. The summed E-state index contributed by atoms with van der Waals surface area (Å²) in [6.07, 6.45) is -4.76. The van der Waals surface area contributed by atoms with E-state index < -0.39 is 12.1 Å². The Kier molecular flexibility index (Phi) is 5.83. The number of aromatic nitrogens is 2. The van der Waals surface area contributed by atoms with Gasteiger partial charge in [0.25, 0.3) is 5.89 Å². The lowest BCUT2D eigenvalue weighted by Crippen LogP contribution is -2.26. The lowest BCUT2D eigenvalue weighted by Gasteiger charge is -2.09. The summed E-state index contributed by atoms with van der Waals surface area (Å²) >= 11 is 1.37. The molecular weight excluding hydrogens is 399 g/mol. The van der Waals surface area contributed by atoms with E-state index in [2.05, 4.69) is 15.2 Å². The molecule has 3 aromatic rings. The van der Waals surface area contributed by atoms with E-state index in [1.54, 1.807) is 12.1 Å². The molecule has 0 saturated carbocycles. The van der Waals surface area contributed by atoms with Crippen molar-refractivity contribution in [2.45, 2.75) is 25.9 Å². The maximum Gasteiger partial charge on any atom is 0.573 e. The van der Waals surface area contributed by atoms with Gasteiger partial charge in [0.1, 0.15) is 5.75 Å². The van der Waals surface area contributed by atoms with Gasteiger partial charge in [-0.05, 0) is 29.1 Å². The fourth-order valence-electron chi connectivity index (χ4n) is 2.25. The molecule has 0 bridgehead atoms. The lowest BCUT2D eigenvalue weighted by molar-refractivity contribution is -0.274. The molecule has 0 radical (unpaired) electrons. The van der Waals surface area contributed by atoms with Crippen LogP contribution >= 0.6 is 11.3 Å². The van der Waals surface area contributed by atoms with E-state index in [-0.39, 0.29) is 37.1 Å². The third-order valence-electron chi connectivity index (χ3n) is 3.54. The summed E-state index contributed by atoms with van der Waals surface area (Å²) in [5, 5.41) is 8.48. The van der Waals surface area contributed by atoms with Crippen LogP contribution in [0.1, 0.15) is 12.0 Å². The molecule has 0 spiro atoms. The molecule has 1 aromatic carbocycles. The van der Waals surface area contributed by atoms with E-state index in [0.717, 1.165) is 16.8 Å². The number of thiophene rings is 1. The fourth-order valence-corrected chi connectivity index (χ4v) is 2.90. The van der Waals surface area contributed by atoms with E-state index in [1.807, 2.05) is 5.38 Å². The largest absolute Gasteiger partial charge is 0.573 e. The van der Waals surface area contributed by atoms with Crippen molar-refractivity contribution >= 4 is 17.2 Å². The number of amides is 1. The Morgan fingerprint density at radius 3 is 2.64 bits per heavy atom. The van der Waals surface area contributed by atoms with Crippen LogP contribution in [0.5, 0.6) is 5.75 Å². The fraction of sp³-hybridized carbons (Fsp3) is 0.235. The Balaban J connectivity index is 1.48. The normalized spacial score (nSPS) is 11.4. The molecule has 0 fully saturated rings. The number of ether oxygens (including phenoxy) is 1. The second-order valence-corrected chi connectivity index (χ2v) is 6.54. The highest BCUT2D eigenvalue weighted by atomic mass is 32.1.